The highest BCUT2D eigenvalue weighted by Gasteiger charge is 2.35. The molecule has 1 N–H and O–H groups in total. The summed E-state index contributed by atoms with van der Waals surface area (Å²) in [6.07, 6.45) is 4.28. The van der Waals surface area contributed by atoms with E-state index in [1.165, 1.54) is 16.8 Å². The molecule has 1 aromatic carbocycles. The van der Waals surface area contributed by atoms with Gasteiger partial charge in [-0.2, -0.15) is 0 Å². The fourth-order valence-corrected chi connectivity index (χ4v) is 6.25. The fraction of sp³-hybridized carbons (Fsp3) is 0.483. The number of hydrogen-bond donors (Lipinski definition) is 1. The number of halogens is 1. The molecule has 3 aliphatic rings. The molecule has 1 fully saturated rings. The van der Waals surface area contributed by atoms with Crippen LogP contribution < -0.4 is 15.1 Å². The Hall–Kier alpha value is -2.94. The lowest BCUT2D eigenvalue weighted by Gasteiger charge is -2.34. The van der Waals surface area contributed by atoms with E-state index in [0.29, 0.717) is 11.6 Å². The standard InChI is InChI=1S/C29H37ClN8/c1-29(2)19-38(16-15-36-13-11-35(3)12-14-36)26-17-21(6-7-23(26)29)34-27-22-8-10-37(18-25(22)32-20-33-27)28-24(30)5-4-9-31-28/h4-7,9,17,20H,8,10-16,18-19H2,1-3H3,(H,32,33,34). The number of pyridine rings is 1. The SMILES string of the molecule is CN1CCN(CCN2CC(C)(C)c3ccc(Nc4ncnc5c4CCN(c4ncccc4Cl)C5)cc32)CC1. The second-order valence-electron chi connectivity index (χ2n) is 11.4. The van der Waals surface area contributed by atoms with Crippen LogP contribution in [0.25, 0.3) is 0 Å². The molecule has 0 spiro atoms. The predicted molar refractivity (Wildman–Crippen MR) is 155 cm³/mol. The minimum atomic E-state index is 0.139. The van der Waals surface area contributed by atoms with Crippen molar-refractivity contribution in [2.75, 3.05) is 74.5 Å². The second-order valence-corrected chi connectivity index (χ2v) is 11.8. The van der Waals surface area contributed by atoms with Gasteiger partial charge in [-0.25, -0.2) is 15.0 Å². The van der Waals surface area contributed by atoms with E-state index >= 15 is 0 Å². The van der Waals surface area contributed by atoms with Gasteiger partial charge < -0.3 is 20.0 Å². The summed E-state index contributed by atoms with van der Waals surface area (Å²) < 4.78 is 0. The summed E-state index contributed by atoms with van der Waals surface area (Å²) in [6, 6.07) is 10.5. The molecule has 2 aromatic heterocycles. The maximum Gasteiger partial charge on any atom is 0.147 e. The second kappa shape index (κ2) is 10.3. The zero-order chi connectivity index (χ0) is 26.3. The lowest BCUT2D eigenvalue weighted by atomic mass is 9.87. The van der Waals surface area contributed by atoms with E-state index in [2.05, 4.69) is 79.0 Å². The van der Waals surface area contributed by atoms with Crippen molar-refractivity contribution in [1.29, 1.82) is 0 Å². The number of hydrogen-bond acceptors (Lipinski definition) is 8. The van der Waals surface area contributed by atoms with E-state index < -0.39 is 0 Å². The Labute approximate surface area is 230 Å². The lowest BCUT2D eigenvalue weighted by molar-refractivity contribution is 0.156. The molecule has 0 atom stereocenters. The van der Waals surface area contributed by atoms with Crippen molar-refractivity contribution in [1.82, 2.24) is 24.8 Å². The van der Waals surface area contributed by atoms with Crippen LogP contribution in [0.2, 0.25) is 5.02 Å². The number of nitrogens with one attached hydrogen (secondary N) is 1. The monoisotopic (exact) mass is 532 g/mol. The van der Waals surface area contributed by atoms with Crippen molar-refractivity contribution in [3.8, 4) is 0 Å². The molecule has 0 aliphatic carbocycles. The number of anilines is 4. The molecule has 9 heteroatoms. The van der Waals surface area contributed by atoms with E-state index in [1.54, 1.807) is 12.5 Å². The van der Waals surface area contributed by atoms with Crippen molar-refractivity contribution in [2.24, 2.45) is 0 Å². The average molecular weight is 533 g/mol. The van der Waals surface area contributed by atoms with Crippen molar-refractivity contribution in [3.05, 3.63) is 64.7 Å². The van der Waals surface area contributed by atoms with Crippen molar-refractivity contribution in [3.63, 3.8) is 0 Å². The highest BCUT2D eigenvalue weighted by Crippen LogP contribution is 2.42. The third-order valence-corrected chi connectivity index (χ3v) is 8.54. The molecule has 3 aliphatic heterocycles. The van der Waals surface area contributed by atoms with Crippen molar-refractivity contribution in [2.45, 2.75) is 32.2 Å². The Morgan fingerprint density at radius 1 is 1.00 bits per heavy atom. The van der Waals surface area contributed by atoms with E-state index in [-0.39, 0.29) is 5.41 Å². The Morgan fingerprint density at radius 2 is 1.84 bits per heavy atom. The van der Waals surface area contributed by atoms with Gasteiger partial charge in [0.05, 0.1) is 17.3 Å². The summed E-state index contributed by atoms with van der Waals surface area (Å²) in [5.41, 5.74) is 6.17. The Balaban J connectivity index is 1.19. The summed E-state index contributed by atoms with van der Waals surface area (Å²) in [5, 5.41) is 4.30. The van der Waals surface area contributed by atoms with Gasteiger partial charge in [0.15, 0.2) is 0 Å². The number of aromatic nitrogens is 3. The van der Waals surface area contributed by atoms with Gasteiger partial charge in [-0.05, 0) is 43.3 Å². The van der Waals surface area contributed by atoms with Crippen LogP contribution in [0.5, 0.6) is 0 Å². The smallest absolute Gasteiger partial charge is 0.147 e. The van der Waals surface area contributed by atoms with Gasteiger partial charge in [-0.1, -0.05) is 31.5 Å². The van der Waals surface area contributed by atoms with Gasteiger partial charge in [0, 0.05) is 80.9 Å². The fourth-order valence-electron chi connectivity index (χ4n) is 6.01. The summed E-state index contributed by atoms with van der Waals surface area (Å²) in [4.78, 5) is 23.5. The summed E-state index contributed by atoms with van der Waals surface area (Å²) in [7, 11) is 2.21. The molecule has 5 heterocycles. The normalized spacial score (nSPS) is 19.4. The number of piperazine rings is 1. The van der Waals surface area contributed by atoms with Crippen LogP contribution in [0, 0.1) is 0 Å². The van der Waals surface area contributed by atoms with Gasteiger partial charge in [0.2, 0.25) is 0 Å². The number of rotatable bonds is 6. The zero-order valence-electron chi connectivity index (χ0n) is 22.6. The van der Waals surface area contributed by atoms with Crippen LogP contribution in [0.3, 0.4) is 0 Å². The molecular formula is C29H37ClN8. The molecule has 1 saturated heterocycles. The van der Waals surface area contributed by atoms with E-state index in [1.807, 2.05) is 12.1 Å². The van der Waals surface area contributed by atoms with E-state index in [0.717, 1.165) is 81.8 Å². The first kappa shape index (κ1) is 25.3. The molecule has 0 radical (unpaired) electrons. The Bertz CT molecular complexity index is 1300. The Kier molecular flexibility index (Phi) is 6.88. The average Bonchev–Trinajstić information content (AvgIpc) is 3.17. The van der Waals surface area contributed by atoms with E-state index in [9.17, 15) is 0 Å². The number of likely N-dealkylation sites (N-methyl/N-ethyl adjacent to an activating group) is 1. The minimum absolute atomic E-state index is 0.139. The highest BCUT2D eigenvalue weighted by molar-refractivity contribution is 6.32. The van der Waals surface area contributed by atoms with Crippen molar-refractivity contribution < 1.29 is 0 Å². The molecule has 200 valence electrons. The third-order valence-electron chi connectivity index (χ3n) is 8.24. The summed E-state index contributed by atoms with van der Waals surface area (Å²) in [5.74, 6) is 1.70. The van der Waals surface area contributed by atoms with Crippen LogP contribution in [0.1, 0.15) is 30.7 Å². The van der Waals surface area contributed by atoms with Gasteiger partial charge in [-0.15, -0.1) is 0 Å². The number of fused-ring (bicyclic) bond motifs is 2. The first-order valence-corrected chi connectivity index (χ1v) is 14.0. The van der Waals surface area contributed by atoms with Crippen LogP contribution >= 0.6 is 11.6 Å². The molecule has 6 rings (SSSR count). The molecule has 0 bridgehead atoms. The number of benzene rings is 1. The van der Waals surface area contributed by atoms with Crippen LogP contribution in [0.15, 0.2) is 42.9 Å². The van der Waals surface area contributed by atoms with Gasteiger partial charge in [0.25, 0.3) is 0 Å². The maximum atomic E-state index is 6.42. The maximum absolute atomic E-state index is 6.42. The molecule has 0 saturated carbocycles. The molecule has 3 aromatic rings. The largest absolute Gasteiger partial charge is 0.369 e. The molecule has 38 heavy (non-hydrogen) atoms. The summed E-state index contributed by atoms with van der Waals surface area (Å²) in [6.45, 7) is 14.0. The zero-order valence-corrected chi connectivity index (χ0v) is 23.4. The summed E-state index contributed by atoms with van der Waals surface area (Å²) >= 11 is 6.42. The topological polar surface area (TPSA) is 63.7 Å². The van der Waals surface area contributed by atoms with Gasteiger partial charge >= 0.3 is 0 Å². The molecule has 0 unspecified atom stereocenters. The van der Waals surface area contributed by atoms with E-state index in [4.69, 9.17) is 11.6 Å². The highest BCUT2D eigenvalue weighted by atomic mass is 35.5. The molecule has 0 amide bonds. The Morgan fingerprint density at radius 3 is 2.66 bits per heavy atom. The number of nitrogens with zero attached hydrogens (tertiary/aromatic N) is 7. The van der Waals surface area contributed by atoms with Crippen LogP contribution in [0.4, 0.5) is 23.0 Å². The van der Waals surface area contributed by atoms with Crippen LogP contribution in [-0.4, -0.2) is 84.2 Å². The minimum Gasteiger partial charge on any atom is -0.369 e. The first-order valence-electron chi connectivity index (χ1n) is 13.6. The predicted octanol–water partition coefficient (Wildman–Crippen LogP) is 4.18. The lowest BCUT2D eigenvalue weighted by Crippen LogP contribution is -2.47. The quantitative estimate of drug-likeness (QED) is 0.507. The first-order chi connectivity index (χ1) is 18.4. The molecule has 8 nitrogen and oxygen atoms in total. The third kappa shape index (κ3) is 5.05. The van der Waals surface area contributed by atoms with Crippen molar-refractivity contribution >= 4 is 34.6 Å². The molecular weight excluding hydrogens is 496 g/mol. The van der Waals surface area contributed by atoms with Gasteiger partial charge in [0.1, 0.15) is 18.0 Å². The van der Waals surface area contributed by atoms with Gasteiger partial charge in [-0.3, -0.25) is 4.90 Å². The van der Waals surface area contributed by atoms with Crippen LogP contribution in [-0.2, 0) is 18.4 Å².